The quantitative estimate of drug-likeness (QED) is 0.683. The molecular weight excluding hydrogens is 262 g/mol. The van der Waals surface area contributed by atoms with Crippen LogP contribution in [0.3, 0.4) is 0 Å². The number of nitrogens with one attached hydrogen (secondary N) is 1. The minimum atomic E-state index is -0.472. The van der Waals surface area contributed by atoms with Gasteiger partial charge in [0, 0.05) is 23.4 Å². The van der Waals surface area contributed by atoms with Gasteiger partial charge in [0.05, 0.1) is 4.92 Å². The van der Waals surface area contributed by atoms with Crippen LogP contribution in [0, 0.1) is 17.0 Å². The van der Waals surface area contributed by atoms with Crippen LogP contribution in [0.15, 0.2) is 28.8 Å². The number of rotatable bonds is 4. The topological polar surface area (TPSA) is 98.3 Å². The number of anilines is 1. The first-order valence-corrected chi connectivity index (χ1v) is 6.03. The van der Waals surface area contributed by atoms with Gasteiger partial charge in [0.15, 0.2) is 5.69 Å². The van der Waals surface area contributed by atoms with E-state index >= 15 is 0 Å². The van der Waals surface area contributed by atoms with Crippen LogP contribution < -0.4 is 5.32 Å². The smallest absolute Gasteiger partial charge is 0.277 e. The average Bonchev–Trinajstić information content (AvgIpc) is 2.85. The Morgan fingerprint density at radius 1 is 1.45 bits per heavy atom. The molecule has 0 atom stereocenters. The molecule has 0 bridgehead atoms. The van der Waals surface area contributed by atoms with E-state index in [1.807, 2.05) is 6.92 Å². The van der Waals surface area contributed by atoms with Crippen LogP contribution >= 0.6 is 0 Å². The summed E-state index contributed by atoms with van der Waals surface area (Å²) in [6, 6.07) is 6.08. The summed E-state index contributed by atoms with van der Waals surface area (Å²) < 4.78 is 4.80. The van der Waals surface area contributed by atoms with Gasteiger partial charge in [-0.3, -0.25) is 14.9 Å². The molecular formula is C13H13N3O4. The Morgan fingerprint density at radius 2 is 2.20 bits per heavy atom. The summed E-state index contributed by atoms with van der Waals surface area (Å²) in [6.45, 7) is 3.50. The Bertz CT molecular complexity index is 663. The van der Waals surface area contributed by atoms with Crippen LogP contribution in [0.4, 0.5) is 11.4 Å². The first-order chi connectivity index (χ1) is 9.51. The molecule has 0 saturated carbocycles. The maximum absolute atomic E-state index is 11.9. The highest BCUT2D eigenvalue weighted by Crippen LogP contribution is 2.24. The zero-order valence-corrected chi connectivity index (χ0v) is 11.0. The third-order valence-electron chi connectivity index (χ3n) is 2.78. The van der Waals surface area contributed by atoms with Crippen LogP contribution in [0.25, 0.3) is 0 Å². The largest absolute Gasteiger partial charge is 0.361 e. The van der Waals surface area contributed by atoms with Crippen molar-refractivity contribution in [2.24, 2.45) is 0 Å². The van der Waals surface area contributed by atoms with Crippen LogP contribution in [-0.2, 0) is 6.42 Å². The molecule has 0 spiro atoms. The van der Waals surface area contributed by atoms with Crippen molar-refractivity contribution in [2.45, 2.75) is 20.3 Å². The summed E-state index contributed by atoms with van der Waals surface area (Å²) in [5.41, 5.74) is 1.08. The van der Waals surface area contributed by atoms with E-state index in [1.165, 1.54) is 12.1 Å². The second kappa shape index (κ2) is 5.52. The molecule has 0 aliphatic rings. The van der Waals surface area contributed by atoms with E-state index in [9.17, 15) is 14.9 Å². The molecule has 2 rings (SSSR count). The molecule has 104 valence electrons. The first-order valence-electron chi connectivity index (χ1n) is 6.03. The fraction of sp³-hybridized carbons (Fsp3) is 0.231. The van der Waals surface area contributed by atoms with Crippen LogP contribution in [0.5, 0.6) is 0 Å². The predicted octanol–water partition coefficient (Wildman–Crippen LogP) is 2.71. The molecule has 0 unspecified atom stereocenters. The van der Waals surface area contributed by atoms with Gasteiger partial charge >= 0.3 is 0 Å². The number of nitro benzene ring substituents is 1. The molecule has 1 amide bonds. The predicted molar refractivity (Wildman–Crippen MR) is 71.7 cm³/mol. The van der Waals surface area contributed by atoms with Crippen molar-refractivity contribution < 1.29 is 14.2 Å². The van der Waals surface area contributed by atoms with Gasteiger partial charge in [-0.05, 0) is 19.4 Å². The number of benzene rings is 1. The van der Waals surface area contributed by atoms with E-state index in [-0.39, 0.29) is 11.4 Å². The van der Waals surface area contributed by atoms with E-state index < -0.39 is 10.8 Å². The summed E-state index contributed by atoms with van der Waals surface area (Å²) in [6.07, 6.45) is 0.549. The van der Waals surface area contributed by atoms with Crippen molar-refractivity contribution in [3.05, 3.63) is 51.4 Å². The maximum Gasteiger partial charge on any atom is 0.277 e. The Hall–Kier alpha value is -2.70. The average molecular weight is 275 g/mol. The minimum absolute atomic E-state index is 0.0124. The molecule has 1 aromatic heterocycles. The number of aryl methyl sites for hydroxylation is 2. The molecule has 0 aliphatic heterocycles. The lowest BCUT2D eigenvalue weighted by atomic mass is 10.1. The molecule has 0 saturated heterocycles. The number of carbonyl (C=O) groups is 1. The van der Waals surface area contributed by atoms with Gasteiger partial charge in [0.1, 0.15) is 5.76 Å². The molecule has 7 heteroatoms. The van der Waals surface area contributed by atoms with Crippen molar-refractivity contribution in [1.29, 1.82) is 0 Å². The van der Waals surface area contributed by atoms with Crippen molar-refractivity contribution in [3.8, 4) is 0 Å². The van der Waals surface area contributed by atoms with Crippen LogP contribution in [0.2, 0.25) is 0 Å². The molecule has 7 nitrogen and oxygen atoms in total. The van der Waals surface area contributed by atoms with Gasteiger partial charge in [-0.1, -0.05) is 18.1 Å². The summed E-state index contributed by atoms with van der Waals surface area (Å²) in [5, 5.41) is 17.1. The summed E-state index contributed by atoms with van der Waals surface area (Å²) in [7, 11) is 0. The normalized spacial score (nSPS) is 10.3. The third kappa shape index (κ3) is 2.82. The molecule has 20 heavy (non-hydrogen) atoms. The SMILES string of the molecule is CCc1ccc(NC(=O)c2cc(C)on2)cc1[N+](=O)[O-]. The second-order valence-electron chi connectivity index (χ2n) is 4.23. The molecule has 1 heterocycles. The number of amides is 1. The fourth-order valence-electron chi connectivity index (χ4n) is 1.78. The van der Waals surface area contributed by atoms with Crippen molar-refractivity contribution in [3.63, 3.8) is 0 Å². The molecule has 0 fully saturated rings. The lowest BCUT2D eigenvalue weighted by molar-refractivity contribution is -0.385. The highest BCUT2D eigenvalue weighted by Gasteiger charge is 2.16. The monoisotopic (exact) mass is 275 g/mol. The highest BCUT2D eigenvalue weighted by atomic mass is 16.6. The maximum atomic E-state index is 11.9. The number of hydrogen-bond acceptors (Lipinski definition) is 5. The molecule has 2 aromatic rings. The first kappa shape index (κ1) is 13.7. The zero-order chi connectivity index (χ0) is 14.7. The second-order valence-corrected chi connectivity index (χ2v) is 4.23. The lowest BCUT2D eigenvalue weighted by Gasteiger charge is -2.05. The molecule has 1 aromatic carbocycles. The zero-order valence-electron chi connectivity index (χ0n) is 11.0. The van der Waals surface area contributed by atoms with E-state index in [1.54, 1.807) is 19.1 Å². The van der Waals surface area contributed by atoms with Gasteiger partial charge in [-0.25, -0.2) is 0 Å². The number of nitrogens with zero attached hydrogens (tertiary/aromatic N) is 2. The molecule has 0 radical (unpaired) electrons. The van der Waals surface area contributed by atoms with Gasteiger partial charge in [0.25, 0.3) is 11.6 Å². The Labute approximate surface area is 114 Å². The Morgan fingerprint density at radius 3 is 2.75 bits per heavy atom. The van der Waals surface area contributed by atoms with E-state index in [0.717, 1.165) is 0 Å². The molecule has 1 N–H and O–H groups in total. The number of nitro groups is 1. The Balaban J connectivity index is 2.23. The van der Waals surface area contributed by atoms with Crippen molar-refractivity contribution >= 4 is 17.3 Å². The third-order valence-corrected chi connectivity index (χ3v) is 2.78. The van der Waals surface area contributed by atoms with Gasteiger partial charge in [0.2, 0.25) is 0 Å². The van der Waals surface area contributed by atoms with Gasteiger partial charge in [-0.2, -0.15) is 0 Å². The van der Waals surface area contributed by atoms with E-state index in [4.69, 9.17) is 4.52 Å². The van der Waals surface area contributed by atoms with E-state index in [0.29, 0.717) is 23.4 Å². The van der Waals surface area contributed by atoms with Crippen LogP contribution in [-0.4, -0.2) is 16.0 Å². The fourth-order valence-corrected chi connectivity index (χ4v) is 1.78. The summed E-state index contributed by atoms with van der Waals surface area (Å²) in [4.78, 5) is 22.4. The van der Waals surface area contributed by atoms with Crippen molar-refractivity contribution in [2.75, 3.05) is 5.32 Å². The summed E-state index contributed by atoms with van der Waals surface area (Å²) in [5.74, 6) is 0.0443. The lowest BCUT2D eigenvalue weighted by Crippen LogP contribution is -2.12. The number of carbonyl (C=O) groups excluding carboxylic acids is 1. The summed E-state index contributed by atoms with van der Waals surface area (Å²) >= 11 is 0. The Kier molecular flexibility index (Phi) is 3.79. The van der Waals surface area contributed by atoms with Crippen molar-refractivity contribution in [1.82, 2.24) is 5.16 Å². The van der Waals surface area contributed by atoms with Gasteiger partial charge < -0.3 is 9.84 Å². The minimum Gasteiger partial charge on any atom is -0.361 e. The standard InChI is InChI=1S/C13H13N3O4/c1-3-9-4-5-10(7-12(9)16(18)19)14-13(17)11-6-8(2)20-15-11/h4-7H,3H2,1-2H3,(H,14,17). The van der Waals surface area contributed by atoms with Gasteiger partial charge in [-0.15, -0.1) is 0 Å². The highest BCUT2D eigenvalue weighted by molar-refractivity contribution is 6.03. The number of hydrogen-bond donors (Lipinski definition) is 1. The van der Waals surface area contributed by atoms with Crippen LogP contribution in [0.1, 0.15) is 28.7 Å². The van der Waals surface area contributed by atoms with E-state index in [2.05, 4.69) is 10.5 Å². The number of aromatic nitrogens is 1. The molecule has 0 aliphatic carbocycles.